The van der Waals surface area contributed by atoms with Crippen molar-refractivity contribution in [3.05, 3.63) is 89.7 Å². The largest absolute Gasteiger partial charge is 0.301 e. The molecule has 0 bridgehead atoms. The topological polar surface area (TPSA) is 24.3 Å². The molecule has 0 aliphatic heterocycles. The number of aromatic nitrogens is 2. The van der Waals surface area contributed by atoms with Crippen molar-refractivity contribution in [2.24, 2.45) is 7.05 Å². The van der Waals surface area contributed by atoms with Crippen molar-refractivity contribution >= 4 is 0 Å². The van der Waals surface area contributed by atoms with Crippen molar-refractivity contribution in [2.45, 2.75) is 12.6 Å². The number of benzene rings is 2. The van der Waals surface area contributed by atoms with Crippen LogP contribution in [0.2, 0.25) is 0 Å². The normalized spacial score (nSPS) is 12.7. The van der Waals surface area contributed by atoms with E-state index in [-0.39, 0.29) is 6.04 Å². The number of hydrogen-bond donors (Lipinski definition) is 0. The van der Waals surface area contributed by atoms with E-state index in [1.165, 1.54) is 16.8 Å². The summed E-state index contributed by atoms with van der Waals surface area (Å²) in [5.74, 6) is 0. The second-order valence-corrected chi connectivity index (χ2v) is 6.90. The Morgan fingerprint density at radius 1 is 0.885 bits per heavy atom. The summed E-state index contributed by atoms with van der Waals surface area (Å²) in [6.45, 7) is 2.96. The molecule has 3 rings (SSSR count). The fraction of sp³-hybridized carbons (Fsp3) is 0.318. The molecule has 1 atom stereocenters. The summed E-state index contributed by atoms with van der Waals surface area (Å²) in [4.78, 5) is 4.78. The second kappa shape index (κ2) is 8.79. The zero-order valence-electron chi connectivity index (χ0n) is 15.9. The van der Waals surface area contributed by atoms with Crippen LogP contribution >= 0.6 is 0 Å². The predicted octanol–water partition coefficient (Wildman–Crippen LogP) is 3.57. The Bertz CT molecular complexity index is 782. The molecule has 0 aliphatic carbocycles. The zero-order chi connectivity index (χ0) is 18.4. The first kappa shape index (κ1) is 18.4. The Labute approximate surface area is 156 Å². The molecule has 0 aliphatic rings. The van der Waals surface area contributed by atoms with Crippen molar-refractivity contribution in [2.75, 3.05) is 27.2 Å². The molecule has 1 aromatic heterocycles. The highest BCUT2D eigenvalue weighted by atomic mass is 15.3. The van der Waals surface area contributed by atoms with Gasteiger partial charge in [-0.1, -0.05) is 60.7 Å². The molecule has 0 spiro atoms. The van der Waals surface area contributed by atoms with Crippen LogP contribution in [0.3, 0.4) is 0 Å². The van der Waals surface area contributed by atoms with Gasteiger partial charge in [0.25, 0.3) is 0 Å². The molecule has 2 aromatic carbocycles. The van der Waals surface area contributed by atoms with Gasteiger partial charge in [0.05, 0.1) is 11.7 Å². The fourth-order valence-corrected chi connectivity index (χ4v) is 3.37. The van der Waals surface area contributed by atoms with Crippen LogP contribution in [0, 0.1) is 0 Å². The molecule has 4 heteroatoms. The van der Waals surface area contributed by atoms with Gasteiger partial charge in [0.15, 0.2) is 0 Å². The van der Waals surface area contributed by atoms with E-state index >= 15 is 0 Å². The molecular weight excluding hydrogens is 320 g/mol. The van der Waals surface area contributed by atoms with Crippen molar-refractivity contribution in [3.63, 3.8) is 0 Å². The van der Waals surface area contributed by atoms with E-state index in [2.05, 4.69) is 95.7 Å². The molecule has 26 heavy (non-hydrogen) atoms. The summed E-state index contributed by atoms with van der Waals surface area (Å²) in [5, 5.41) is 4.38. The highest BCUT2D eigenvalue weighted by molar-refractivity contribution is 5.27. The Kier molecular flexibility index (Phi) is 6.21. The van der Waals surface area contributed by atoms with E-state index in [0.29, 0.717) is 0 Å². The molecule has 0 radical (unpaired) electrons. The summed E-state index contributed by atoms with van der Waals surface area (Å²) in [5.41, 5.74) is 3.86. The lowest BCUT2D eigenvalue weighted by atomic mass is 10.0. The Balaban J connectivity index is 1.68. The standard InChI is InChI=1S/C22H28N4/c1-24(18-19-10-6-4-7-11-19)16-17-25(2)22(20-12-8-5-9-13-20)21-14-15-23-26(21)3/h4-15,22H,16-18H2,1-3H3. The van der Waals surface area contributed by atoms with Crippen LogP contribution in [0.1, 0.15) is 22.9 Å². The van der Waals surface area contributed by atoms with Gasteiger partial charge in [0, 0.05) is 32.9 Å². The van der Waals surface area contributed by atoms with E-state index in [4.69, 9.17) is 0 Å². The first-order chi connectivity index (χ1) is 12.6. The smallest absolute Gasteiger partial charge is 0.0771 e. The second-order valence-electron chi connectivity index (χ2n) is 6.90. The van der Waals surface area contributed by atoms with E-state index < -0.39 is 0 Å². The van der Waals surface area contributed by atoms with E-state index in [0.717, 1.165) is 19.6 Å². The average Bonchev–Trinajstić information content (AvgIpc) is 3.08. The minimum absolute atomic E-state index is 0.203. The number of rotatable bonds is 8. The van der Waals surface area contributed by atoms with Crippen LogP contribution < -0.4 is 0 Å². The highest BCUT2D eigenvalue weighted by Gasteiger charge is 2.22. The molecule has 136 valence electrons. The lowest BCUT2D eigenvalue weighted by Gasteiger charge is -2.30. The third kappa shape index (κ3) is 4.59. The van der Waals surface area contributed by atoms with Gasteiger partial charge >= 0.3 is 0 Å². The summed E-state index contributed by atoms with van der Waals surface area (Å²) in [6, 6.07) is 23.6. The quantitative estimate of drug-likeness (QED) is 0.622. The zero-order valence-corrected chi connectivity index (χ0v) is 15.9. The lowest BCUT2D eigenvalue weighted by molar-refractivity contribution is 0.218. The molecular formula is C22H28N4. The van der Waals surface area contributed by atoms with E-state index in [1.807, 2.05) is 17.9 Å². The maximum atomic E-state index is 4.38. The van der Waals surface area contributed by atoms with Gasteiger partial charge in [-0.3, -0.25) is 9.58 Å². The van der Waals surface area contributed by atoms with Crippen LogP contribution in [0.5, 0.6) is 0 Å². The van der Waals surface area contributed by atoms with Crippen LogP contribution in [-0.2, 0) is 13.6 Å². The SMILES string of the molecule is CN(CCN(C)C(c1ccccc1)c1ccnn1C)Cc1ccccc1. The first-order valence-corrected chi connectivity index (χ1v) is 9.10. The molecule has 1 heterocycles. The maximum Gasteiger partial charge on any atom is 0.0771 e. The first-order valence-electron chi connectivity index (χ1n) is 9.10. The Morgan fingerprint density at radius 3 is 2.15 bits per heavy atom. The average molecular weight is 348 g/mol. The van der Waals surface area contributed by atoms with Crippen molar-refractivity contribution in [1.29, 1.82) is 0 Å². The molecule has 0 fully saturated rings. The molecule has 0 amide bonds. The third-order valence-electron chi connectivity index (χ3n) is 4.82. The predicted molar refractivity (Wildman–Crippen MR) is 107 cm³/mol. The minimum Gasteiger partial charge on any atom is -0.301 e. The molecule has 1 unspecified atom stereocenters. The Hall–Kier alpha value is -2.43. The minimum atomic E-state index is 0.203. The van der Waals surface area contributed by atoms with Crippen molar-refractivity contribution < 1.29 is 0 Å². The highest BCUT2D eigenvalue weighted by Crippen LogP contribution is 2.26. The molecule has 3 aromatic rings. The van der Waals surface area contributed by atoms with Gasteiger partial charge in [-0.25, -0.2) is 0 Å². The van der Waals surface area contributed by atoms with Crippen LogP contribution in [-0.4, -0.2) is 46.8 Å². The lowest BCUT2D eigenvalue weighted by Crippen LogP contribution is -2.34. The van der Waals surface area contributed by atoms with Gasteiger partial charge in [0.1, 0.15) is 0 Å². The van der Waals surface area contributed by atoms with E-state index in [9.17, 15) is 0 Å². The Morgan fingerprint density at radius 2 is 1.54 bits per heavy atom. The molecule has 4 nitrogen and oxygen atoms in total. The monoisotopic (exact) mass is 348 g/mol. The molecule has 0 N–H and O–H groups in total. The fourth-order valence-electron chi connectivity index (χ4n) is 3.37. The van der Waals surface area contributed by atoms with Crippen molar-refractivity contribution in [1.82, 2.24) is 19.6 Å². The van der Waals surface area contributed by atoms with Gasteiger partial charge < -0.3 is 4.90 Å². The number of aryl methyl sites for hydroxylation is 1. The number of nitrogens with zero attached hydrogens (tertiary/aromatic N) is 4. The van der Waals surface area contributed by atoms with Gasteiger partial charge in [-0.05, 0) is 31.3 Å². The summed E-state index contributed by atoms with van der Waals surface area (Å²) >= 11 is 0. The summed E-state index contributed by atoms with van der Waals surface area (Å²) < 4.78 is 1.97. The maximum absolute atomic E-state index is 4.38. The molecule has 0 saturated carbocycles. The summed E-state index contributed by atoms with van der Waals surface area (Å²) in [7, 11) is 6.39. The van der Waals surface area contributed by atoms with E-state index in [1.54, 1.807) is 0 Å². The van der Waals surface area contributed by atoms with Crippen LogP contribution in [0.4, 0.5) is 0 Å². The third-order valence-corrected chi connectivity index (χ3v) is 4.82. The molecule has 0 saturated heterocycles. The van der Waals surface area contributed by atoms with Crippen LogP contribution in [0.25, 0.3) is 0 Å². The van der Waals surface area contributed by atoms with Gasteiger partial charge in [-0.15, -0.1) is 0 Å². The summed E-state index contributed by atoms with van der Waals surface area (Å²) in [6.07, 6.45) is 1.88. The number of likely N-dealkylation sites (N-methyl/N-ethyl adjacent to an activating group) is 2. The number of hydrogen-bond acceptors (Lipinski definition) is 3. The van der Waals surface area contributed by atoms with Gasteiger partial charge in [-0.2, -0.15) is 5.10 Å². The van der Waals surface area contributed by atoms with Gasteiger partial charge in [0.2, 0.25) is 0 Å². The van der Waals surface area contributed by atoms with Crippen LogP contribution in [0.15, 0.2) is 72.9 Å². The van der Waals surface area contributed by atoms with Crippen molar-refractivity contribution in [3.8, 4) is 0 Å².